The van der Waals surface area contributed by atoms with Crippen LogP contribution in [0.4, 0.5) is 4.39 Å². The maximum Gasteiger partial charge on any atom is 0.0795 e. The number of halogens is 1. The molecule has 0 bridgehead atoms. The van der Waals surface area contributed by atoms with Crippen LogP contribution in [-0.4, -0.2) is 18.0 Å². The van der Waals surface area contributed by atoms with Crippen LogP contribution in [0, 0.1) is 37.1 Å². The van der Waals surface area contributed by atoms with Gasteiger partial charge in [-0.05, 0) is 69.9 Å². The summed E-state index contributed by atoms with van der Waals surface area (Å²) < 4.78 is 95.9. The molecule has 0 saturated carbocycles. The number of hydrogen-bond donors (Lipinski definition) is 0. The zero-order valence-corrected chi connectivity index (χ0v) is 28.5. The molecule has 2 heterocycles. The predicted octanol–water partition coefficient (Wildman–Crippen LogP) is 9.65. The number of nitrogens with zero attached hydrogens (tertiary/aromatic N) is 2. The van der Waals surface area contributed by atoms with Crippen molar-refractivity contribution in [1.82, 2.24) is 9.97 Å². The first-order valence-electron chi connectivity index (χ1n) is 18.6. The Kier molecular flexibility index (Phi) is 7.51. The molecule has 0 saturated heterocycles. The van der Waals surface area contributed by atoms with E-state index >= 15 is 0 Å². The quantitative estimate of drug-likeness (QED) is 0.131. The number of hydrogen-bond acceptors (Lipinski definition) is 2. The van der Waals surface area contributed by atoms with Gasteiger partial charge in [-0.2, -0.15) is 0 Å². The molecule has 0 amide bonds. The van der Waals surface area contributed by atoms with Crippen LogP contribution in [0.25, 0.3) is 33.6 Å². The first-order chi connectivity index (χ1) is 23.8. The van der Waals surface area contributed by atoms with Gasteiger partial charge in [0.15, 0.2) is 0 Å². The van der Waals surface area contributed by atoms with E-state index in [0.717, 1.165) is 17.5 Å². The van der Waals surface area contributed by atoms with Crippen molar-refractivity contribution in [2.75, 3.05) is 0 Å². The summed E-state index contributed by atoms with van der Waals surface area (Å²) >= 11 is 0. The van der Waals surface area contributed by atoms with Gasteiger partial charge in [0.2, 0.25) is 0 Å². The molecule has 225 valence electrons. The summed E-state index contributed by atoms with van der Waals surface area (Å²) in [6, 6.07) is 22.7. The molecule has 0 N–H and O–H groups in total. The van der Waals surface area contributed by atoms with E-state index in [0.29, 0.717) is 5.56 Å². The topological polar surface area (TPSA) is 25.8 Å². The summed E-state index contributed by atoms with van der Waals surface area (Å²) in [5.74, 6) is -0.271. The van der Waals surface area contributed by atoms with Crippen LogP contribution >= 0.6 is 0 Å². The third-order valence-electron chi connectivity index (χ3n) is 6.19. The zero-order chi connectivity index (χ0) is 39.0. The molecule has 2 nitrogen and oxygen atoms in total. The van der Waals surface area contributed by atoms with Crippen LogP contribution < -0.4 is 5.19 Å². The van der Waals surface area contributed by atoms with Crippen molar-refractivity contribution in [2.24, 2.45) is 5.41 Å². The summed E-state index contributed by atoms with van der Waals surface area (Å²) in [4.78, 5) is 8.60. The Hall–Kier alpha value is -3.24. The summed E-state index contributed by atoms with van der Waals surface area (Å²) in [7, 11) is -1.30. The summed E-state index contributed by atoms with van der Waals surface area (Å²) in [5.41, 5.74) is 0.0503. The number of benzene rings is 3. The van der Waals surface area contributed by atoms with E-state index in [1.807, 2.05) is 12.3 Å². The molecule has 0 fully saturated rings. The summed E-state index contributed by atoms with van der Waals surface area (Å²) in [5, 5.41) is 1.32. The second-order valence-electron chi connectivity index (χ2n) is 12.0. The first-order valence-corrected chi connectivity index (χ1v) is 17.1. The fourth-order valence-electron chi connectivity index (χ4n) is 4.06. The largest absolute Gasteiger partial charge is 0.305 e. The zero-order valence-electron chi connectivity index (χ0n) is 35.1. The van der Waals surface area contributed by atoms with Gasteiger partial charge in [-0.15, -0.1) is 65.7 Å². The average Bonchev–Trinajstić information content (AvgIpc) is 3.04. The Bertz CT molecular complexity index is 2020. The van der Waals surface area contributed by atoms with Gasteiger partial charge in [0.25, 0.3) is 0 Å². The first kappa shape index (κ1) is 22.3. The molecule has 3 aromatic carbocycles. The average molecular weight is 775 g/mol. The number of pyridine rings is 2. The van der Waals surface area contributed by atoms with Gasteiger partial charge in [-0.1, -0.05) is 76.8 Å². The number of aryl methyl sites for hydroxylation is 2. The second-order valence-corrected chi connectivity index (χ2v) is 17.0. The van der Waals surface area contributed by atoms with Crippen LogP contribution in [0.1, 0.15) is 51.2 Å². The van der Waals surface area contributed by atoms with Crippen molar-refractivity contribution in [1.29, 1.82) is 0 Å². The molecule has 0 aliphatic heterocycles. The van der Waals surface area contributed by atoms with Gasteiger partial charge in [0, 0.05) is 49.3 Å². The maximum absolute atomic E-state index is 12.8. The summed E-state index contributed by atoms with van der Waals surface area (Å²) in [6.45, 7) is 6.30. The van der Waals surface area contributed by atoms with Gasteiger partial charge in [0.1, 0.15) is 0 Å². The Morgan fingerprint density at radius 2 is 1.63 bits per heavy atom. The molecule has 5 aromatic rings. The van der Waals surface area contributed by atoms with Crippen LogP contribution in [0.15, 0.2) is 91.2 Å². The van der Waals surface area contributed by atoms with Crippen LogP contribution in [0.3, 0.4) is 0 Å². The maximum atomic E-state index is 12.8. The number of rotatable bonds is 5. The molecule has 5 heteroatoms. The third kappa shape index (κ3) is 9.63. The fourth-order valence-corrected chi connectivity index (χ4v) is 5.09. The van der Waals surface area contributed by atoms with Crippen molar-refractivity contribution < 1.29 is 38.2 Å². The summed E-state index contributed by atoms with van der Waals surface area (Å²) in [6.07, 6.45) is 1.03. The van der Waals surface area contributed by atoms with Gasteiger partial charge in [-0.3, -0.25) is 4.39 Å². The van der Waals surface area contributed by atoms with E-state index in [9.17, 15) is 4.39 Å². The van der Waals surface area contributed by atoms with Crippen molar-refractivity contribution in [2.45, 2.75) is 60.5 Å². The van der Waals surface area contributed by atoms with E-state index in [-0.39, 0.29) is 71.5 Å². The van der Waals surface area contributed by atoms with E-state index in [1.165, 1.54) is 29.5 Å². The Balaban J connectivity index is 0.000000351. The molecule has 0 atom stereocenters. The predicted molar refractivity (Wildman–Crippen MR) is 178 cm³/mol. The van der Waals surface area contributed by atoms with Gasteiger partial charge in [0.05, 0.1) is 10.8 Å². The Morgan fingerprint density at radius 3 is 2.21 bits per heavy atom. The molecule has 43 heavy (non-hydrogen) atoms. The Labute approximate surface area is 286 Å². The normalized spacial score (nSPS) is 15.6. The van der Waals surface area contributed by atoms with E-state index < -0.39 is 33.6 Å². The molecule has 0 aliphatic carbocycles. The van der Waals surface area contributed by atoms with E-state index in [2.05, 4.69) is 47.8 Å². The van der Waals surface area contributed by atoms with E-state index in [1.54, 1.807) is 51.1 Å². The monoisotopic (exact) mass is 775 g/mol. The Morgan fingerprint density at radius 1 is 0.884 bits per heavy atom. The van der Waals surface area contributed by atoms with Crippen molar-refractivity contribution in [3.8, 4) is 33.6 Å². The van der Waals surface area contributed by atoms with Gasteiger partial charge >= 0.3 is 0 Å². The third-order valence-corrected chi connectivity index (χ3v) is 8.22. The SMILES string of the molecule is C[Si](C)(C)c1ccc(-c2[c-]cc(F)cc2)nc1.[2H]c1cc(C([2H])([2H])C(C)(C)C)cc(C([2H])([2H])[2H])c1-c1c(C([2H])([2H])[2H])cnc(-c2[c-]cccc2)c1[2H].[Ir]. The van der Waals surface area contributed by atoms with Crippen molar-refractivity contribution in [3.05, 3.63) is 126 Å². The molecule has 1 radical (unpaired) electrons. The second kappa shape index (κ2) is 14.5. The van der Waals surface area contributed by atoms with Crippen LogP contribution in [-0.2, 0) is 26.5 Å². The van der Waals surface area contributed by atoms with E-state index in [4.69, 9.17) is 13.7 Å². The number of aromatic nitrogens is 2. The molecule has 5 rings (SSSR count). The van der Waals surface area contributed by atoms with Gasteiger partial charge < -0.3 is 9.97 Å². The molecular weight excluding hydrogens is 724 g/mol. The minimum atomic E-state index is -2.81. The van der Waals surface area contributed by atoms with Crippen molar-refractivity contribution in [3.63, 3.8) is 0 Å². The molecule has 0 aliphatic rings. The van der Waals surface area contributed by atoms with Crippen LogP contribution in [0.5, 0.6) is 0 Å². The fraction of sp³-hybridized carbons (Fsp3) is 0.263. The van der Waals surface area contributed by atoms with Crippen LogP contribution in [0.2, 0.25) is 19.6 Å². The standard InChI is InChI=1S/C24H26N.C14H15FNSi.Ir/c1-17-13-19(15-24(3,4)5)11-12-21(17)22-14-23(25-16-18(22)2)20-9-7-6-8-10-20;1-17(2,3)13-8-9-14(16-10-13)11-4-6-12(15)7-5-11;/h6-9,11-14,16H,15H2,1-5H3;4,6-10H,1-3H3;/q2*-1;/i1D3,2D3,12D,14D,15D2;;. The molecule has 0 unspecified atom stereocenters. The smallest absolute Gasteiger partial charge is 0.0795 e. The molecule has 0 spiro atoms. The van der Waals surface area contributed by atoms with Gasteiger partial charge in [-0.25, -0.2) is 0 Å². The van der Waals surface area contributed by atoms with Crippen molar-refractivity contribution >= 4 is 13.3 Å². The minimum Gasteiger partial charge on any atom is -0.305 e. The molecular formula is C38H41FIrN2Si-2. The minimum absolute atomic E-state index is 0. The molecule has 2 aromatic heterocycles.